The van der Waals surface area contributed by atoms with E-state index in [2.05, 4.69) is 0 Å². The summed E-state index contributed by atoms with van der Waals surface area (Å²) in [6.07, 6.45) is -0.373. The Balaban J connectivity index is 2.47. The van der Waals surface area contributed by atoms with E-state index in [0.717, 1.165) is 0 Å². The van der Waals surface area contributed by atoms with Gasteiger partial charge >= 0.3 is 6.09 Å². The van der Waals surface area contributed by atoms with E-state index in [0.29, 0.717) is 6.54 Å². The van der Waals surface area contributed by atoms with E-state index in [-0.39, 0.29) is 24.5 Å². The first kappa shape index (κ1) is 10.3. The molecule has 1 saturated heterocycles. The molecular formula is C9H17NO3. The first-order valence-corrected chi connectivity index (χ1v) is 4.63. The highest BCUT2D eigenvalue weighted by Gasteiger charge is 2.32. The van der Waals surface area contributed by atoms with E-state index in [9.17, 15) is 4.79 Å². The fraction of sp³-hybridized carbons (Fsp3) is 0.889. The van der Waals surface area contributed by atoms with Crippen molar-refractivity contribution in [2.45, 2.75) is 46.1 Å². The van der Waals surface area contributed by atoms with E-state index >= 15 is 0 Å². The molecule has 2 atom stereocenters. The molecule has 0 N–H and O–H groups in total. The van der Waals surface area contributed by atoms with Gasteiger partial charge in [0.1, 0.15) is 12.3 Å². The van der Waals surface area contributed by atoms with Gasteiger partial charge in [-0.15, -0.1) is 0 Å². The van der Waals surface area contributed by atoms with Crippen molar-refractivity contribution in [3.05, 3.63) is 0 Å². The van der Waals surface area contributed by atoms with E-state index in [1.807, 2.05) is 27.7 Å². The van der Waals surface area contributed by atoms with Crippen LogP contribution in [0.1, 0.15) is 27.7 Å². The summed E-state index contributed by atoms with van der Waals surface area (Å²) in [5.41, 5.74) is 0. The second kappa shape index (κ2) is 3.96. The van der Waals surface area contributed by atoms with Crippen molar-refractivity contribution < 1.29 is 14.3 Å². The predicted molar refractivity (Wildman–Crippen MR) is 48.3 cm³/mol. The standard InChI is InChI=1S/C9H17NO3/c1-6(2)12-8(4)10-5-7(3)13-9(10)11/h6-8H,5H2,1-4H3. The Morgan fingerprint density at radius 3 is 2.54 bits per heavy atom. The Morgan fingerprint density at radius 1 is 1.54 bits per heavy atom. The number of hydrogen-bond acceptors (Lipinski definition) is 3. The van der Waals surface area contributed by atoms with Gasteiger partial charge in [0, 0.05) is 0 Å². The minimum atomic E-state index is -0.277. The van der Waals surface area contributed by atoms with E-state index in [1.54, 1.807) is 4.90 Å². The zero-order valence-electron chi connectivity index (χ0n) is 8.61. The summed E-state index contributed by atoms with van der Waals surface area (Å²) in [6, 6.07) is 0. The highest BCUT2D eigenvalue weighted by Crippen LogP contribution is 2.15. The van der Waals surface area contributed by atoms with Gasteiger partial charge in [-0.1, -0.05) is 0 Å². The fourth-order valence-corrected chi connectivity index (χ4v) is 1.39. The number of hydrogen-bond donors (Lipinski definition) is 0. The molecule has 1 heterocycles. The molecule has 76 valence electrons. The maximum atomic E-state index is 11.2. The largest absolute Gasteiger partial charge is 0.444 e. The Labute approximate surface area is 78.8 Å². The lowest BCUT2D eigenvalue weighted by atomic mass is 10.4. The molecule has 0 saturated carbocycles. The molecule has 0 spiro atoms. The molecule has 0 aromatic rings. The number of ether oxygens (including phenoxy) is 2. The summed E-state index contributed by atoms with van der Waals surface area (Å²) in [6.45, 7) is 8.24. The predicted octanol–water partition coefficient (Wildman–Crippen LogP) is 1.60. The summed E-state index contributed by atoms with van der Waals surface area (Å²) in [4.78, 5) is 12.8. The summed E-state index contributed by atoms with van der Waals surface area (Å²) < 4.78 is 10.5. The third-order valence-electron chi connectivity index (χ3n) is 1.90. The normalized spacial score (nSPS) is 25.2. The molecule has 1 rings (SSSR count). The summed E-state index contributed by atoms with van der Waals surface area (Å²) in [5.74, 6) is 0. The van der Waals surface area contributed by atoms with Crippen LogP contribution < -0.4 is 0 Å². The van der Waals surface area contributed by atoms with Crippen LogP contribution in [0.4, 0.5) is 4.79 Å². The van der Waals surface area contributed by atoms with Gasteiger partial charge in [0.25, 0.3) is 0 Å². The molecule has 1 aliphatic rings. The summed E-state index contributed by atoms with van der Waals surface area (Å²) >= 11 is 0. The third kappa shape index (κ3) is 2.59. The van der Waals surface area contributed by atoms with Crippen LogP contribution in [-0.4, -0.2) is 36.0 Å². The average Bonchev–Trinajstić information content (AvgIpc) is 2.28. The number of cyclic esters (lactones) is 1. The Bertz CT molecular complexity index is 193. The van der Waals surface area contributed by atoms with Gasteiger partial charge in [-0.25, -0.2) is 4.79 Å². The lowest BCUT2D eigenvalue weighted by Crippen LogP contribution is -2.37. The van der Waals surface area contributed by atoms with Crippen LogP contribution in [0.15, 0.2) is 0 Å². The van der Waals surface area contributed by atoms with Crippen LogP contribution in [-0.2, 0) is 9.47 Å². The molecule has 1 aliphatic heterocycles. The molecule has 0 aromatic heterocycles. The topological polar surface area (TPSA) is 38.8 Å². The van der Waals surface area contributed by atoms with Crippen LogP contribution >= 0.6 is 0 Å². The van der Waals surface area contributed by atoms with Crippen LogP contribution in [0.3, 0.4) is 0 Å². The number of carbonyl (C=O) groups excluding carboxylic acids is 1. The second-order valence-corrected chi connectivity index (χ2v) is 3.63. The van der Waals surface area contributed by atoms with Gasteiger partial charge < -0.3 is 9.47 Å². The summed E-state index contributed by atoms with van der Waals surface area (Å²) in [7, 11) is 0. The minimum absolute atomic E-state index is 0.0225. The second-order valence-electron chi connectivity index (χ2n) is 3.63. The van der Waals surface area contributed by atoms with Gasteiger partial charge in [-0.3, -0.25) is 4.90 Å². The quantitative estimate of drug-likeness (QED) is 0.673. The van der Waals surface area contributed by atoms with Gasteiger partial charge in [0.05, 0.1) is 12.6 Å². The molecule has 1 amide bonds. The molecule has 0 aliphatic carbocycles. The Morgan fingerprint density at radius 2 is 2.15 bits per heavy atom. The van der Waals surface area contributed by atoms with Crippen molar-refractivity contribution in [2.75, 3.05) is 6.54 Å². The third-order valence-corrected chi connectivity index (χ3v) is 1.90. The maximum absolute atomic E-state index is 11.2. The van der Waals surface area contributed by atoms with Crippen molar-refractivity contribution >= 4 is 6.09 Å². The Kier molecular flexibility index (Phi) is 3.14. The molecule has 4 heteroatoms. The molecule has 1 fully saturated rings. The molecule has 4 nitrogen and oxygen atoms in total. The number of rotatable bonds is 3. The highest BCUT2D eigenvalue weighted by atomic mass is 16.6. The van der Waals surface area contributed by atoms with Crippen LogP contribution in [0.25, 0.3) is 0 Å². The first-order chi connectivity index (χ1) is 6.00. The van der Waals surface area contributed by atoms with E-state index in [4.69, 9.17) is 9.47 Å². The zero-order chi connectivity index (χ0) is 10.0. The molecule has 0 bridgehead atoms. The van der Waals surface area contributed by atoms with Crippen LogP contribution in [0, 0.1) is 0 Å². The zero-order valence-corrected chi connectivity index (χ0v) is 8.61. The molecule has 13 heavy (non-hydrogen) atoms. The molecule has 2 unspecified atom stereocenters. The number of nitrogens with zero attached hydrogens (tertiary/aromatic N) is 1. The van der Waals surface area contributed by atoms with Crippen molar-refractivity contribution in [1.29, 1.82) is 0 Å². The molecule has 0 aromatic carbocycles. The first-order valence-electron chi connectivity index (χ1n) is 4.63. The van der Waals surface area contributed by atoms with Crippen molar-refractivity contribution in [2.24, 2.45) is 0 Å². The fourth-order valence-electron chi connectivity index (χ4n) is 1.39. The number of carbonyl (C=O) groups is 1. The van der Waals surface area contributed by atoms with Crippen molar-refractivity contribution in [1.82, 2.24) is 4.90 Å². The Hall–Kier alpha value is -0.770. The van der Waals surface area contributed by atoms with Gasteiger partial charge in [0.15, 0.2) is 0 Å². The van der Waals surface area contributed by atoms with Crippen LogP contribution in [0.5, 0.6) is 0 Å². The lowest BCUT2D eigenvalue weighted by molar-refractivity contribution is -0.0526. The minimum Gasteiger partial charge on any atom is -0.444 e. The highest BCUT2D eigenvalue weighted by molar-refractivity contribution is 5.69. The van der Waals surface area contributed by atoms with Gasteiger partial charge in [-0.05, 0) is 27.7 Å². The van der Waals surface area contributed by atoms with E-state index in [1.165, 1.54) is 0 Å². The van der Waals surface area contributed by atoms with Crippen molar-refractivity contribution in [3.63, 3.8) is 0 Å². The van der Waals surface area contributed by atoms with Gasteiger partial charge in [0.2, 0.25) is 0 Å². The average molecular weight is 187 g/mol. The monoisotopic (exact) mass is 187 g/mol. The molecule has 0 radical (unpaired) electrons. The van der Waals surface area contributed by atoms with Crippen LogP contribution in [0.2, 0.25) is 0 Å². The lowest BCUT2D eigenvalue weighted by Gasteiger charge is -2.23. The smallest absolute Gasteiger partial charge is 0.412 e. The van der Waals surface area contributed by atoms with Crippen molar-refractivity contribution in [3.8, 4) is 0 Å². The maximum Gasteiger partial charge on any atom is 0.412 e. The SMILES string of the molecule is CC(C)OC(C)N1CC(C)OC1=O. The van der Waals surface area contributed by atoms with E-state index < -0.39 is 0 Å². The molecular weight excluding hydrogens is 170 g/mol. The summed E-state index contributed by atoms with van der Waals surface area (Å²) in [5, 5.41) is 0. The number of amides is 1. The van der Waals surface area contributed by atoms with Gasteiger partial charge in [-0.2, -0.15) is 0 Å².